The Morgan fingerprint density at radius 1 is 1.05 bits per heavy atom. The van der Waals surface area contributed by atoms with Crippen molar-refractivity contribution in [2.24, 2.45) is 17.3 Å². The number of hydrogen-bond acceptors (Lipinski definition) is 3. The Bertz CT molecular complexity index is 490. The number of allylic oxidation sites excluding steroid dienone is 2. The van der Waals surface area contributed by atoms with Crippen molar-refractivity contribution in [1.82, 2.24) is 4.90 Å². The summed E-state index contributed by atoms with van der Waals surface area (Å²) in [6, 6.07) is 0. The highest BCUT2D eigenvalue weighted by atomic mass is 16.5. The molecule has 3 unspecified atom stereocenters. The fourth-order valence-electron chi connectivity index (χ4n) is 4.98. The van der Waals surface area contributed by atoms with Crippen molar-refractivity contribution < 1.29 is 9.53 Å². The van der Waals surface area contributed by atoms with Crippen molar-refractivity contribution in [2.75, 3.05) is 7.05 Å². The van der Waals surface area contributed by atoms with E-state index in [0.717, 1.165) is 25.7 Å². The van der Waals surface area contributed by atoms with Crippen LogP contribution in [0.3, 0.4) is 0 Å². The van der Waals surface area contributed by atoms with Gasteiger partial charge in [-0.1, -0.05) is 12.2 Å². The van der Waals surface area contributed by atoms with Crippen LogP contribution < -0.4 is 0 Å². The van der Waals surface area contributed by atoms with Crippen LogP contribution in [0.2, 0.25) is 0 Å². The van der Waals surface area contributed by atoms with Crippen LogP contribution in [0.1, 0.15) is 60.3 Å². The lowest BCUT2D eigenvalue weighted by molar-refractivity contribution is -0.171. The number of carbonyl (C=O) groups excluding carboxylic acids is 1. The number of esters is 1. The quantitative estimate of drug-likeness (QED) is 0.574. The third-order valence-corrected chi connectivity index (χ3v) is 6.69. The fraction of sp³-hybridized carbons (Fsp3) is 0.842. The largest absolute Gasteiger partial charge is 0.462 e. The molecule has 1 heterocycles. The summed E-state index contributed by atoms with van der Waals surface area (Å²) < 4.78 is 6.05. The minimum Gasteiger partial charge on any atom is -0.462 e. The molecule has 3 heteroatoms. The zero-order valence-electron chi connectivity index (χ0n) is 15.0. The summed E-state index contributed by atoms with van der Waals surface area (Å²) >= 11 is 0. The van der Waals surface area contributed by atoms with Crippen LogP contribution in [0.4, 0.5) is 0 Å². The molecule has 0 aromatic heterocycles. The summed E-state index contributed by atoms with van der Waals surface area (Å²) in [7, 11) is 2.18. The highest BCUT2D eigenvalue weighted by molar-refractivity contribution is 5.78. The van der Waals surface area contributed by atoms with Gasteiger partial charge < -0.3 is 4.74 Å². The molecule has 0 aromatic carbocycles. The molecule has 1 saturated carbocycles. The van der Waals surface area contributed by atoms with Crippen LogP contribution >= 0.6 is 0 Å². The summed E-state index contributed by atoms with van der Waals surface area (Å²) in [6.07, 6.45) is 8.48. The number of fused-ring (bicyclic) bond motifs is 2. The van der Waals surface area contributed by atoms with Gasteiger partial charge >= 0.3 is 5.97 Å². The average Bonchev–Trinajstić information content (AvgIpc) is 2.95. The van der Waals surface area contributed by atoms with Crippen LogP contribution in [-0.2, 0) is 9.53 Å². The molecule has 3 aliphatic rings. The number of nitrogens with zero attached hydrogens (tertiary/aromatic N) is 1. The first-order valence-electron chi connectivity index (χ1n) is 8.68. The van der Waals surface area contributed by atoms with Crippen LogP contribution in [0.5, 0.6) is 0 Å². The lowest BCUT2D eigenvalue weighted by Crippen LogP contribution is -2.60. The van der Waals surface area contributed by atoms with E-state index >= 15 is 0 Å². The SMILES string of the molecule is CN1C(C)(C)CC(OC(=O)C2(C)CC3C=CC2C3)CC1(C)C. The summed E-state index contributed by atoms with van der Waals surface area (Å²) in [5.41, 5.74) is -0.179. The standard InChI is InChI=1S/C19H31NO2/c1-17(2)11-15(12-18(3,4)20(17)6)22-16(21)19(5)10-13-7-8-14(19)9-13/h7-8,13-15H,9-12H2,1-6H3. The predicted molar refractivity (Wildman–Crippen MR) is 88.5 cm³/mol. The third-order valence-electron chi connectivity index (χ3n) is 6.69. The Labute approximate surface area is 135 Å². The fourth-order valence-corrected chi connectivity index (χ4v) is 4.98. The first kappa shape index (κ1) is 16.0. The van der Waals surface area contributed by atoms with E-state index in [-0.39, 0.29) is 28.6 Å². The van der Waals surface area contributed by atoms with E-state index in [1.807, 2.05) is 0 Å². The monoisotopic (exact) mass is 305 g/mol. The highest BCUT2D eigenvalue weighted by Crippen LogP contribution is 2.53. The van der Waals surface area contributed by atoms with Gasteiger partial charge in [-0.25, -0.2) is 0 Å². The van der Waals surface area contributed by atoms with E-state index in [4.69, 9.17) is 4.74 Å². The second kappa shape index (κ2) is 4.83. The van der Waals surface area contributed by atoms with E-state index in [2.05, 4.69) is 58.7 Å². The maximum Gasteiger partial charge on any atom is 0.312 e. The Hall–Kier alpha value is -0.830. The molecule has 22 heavy (non-hydrogen) atoms. The molecule has 3 nitrogen and oxygen atoms in total. The molecule has 0 spiro atoms. The van der Waals surface area contributed by atoms with Crippen LogP contribution in [0.25, 0.3) is 0 Å². The van der Waals surface area contributed by atoms with Gasteiger partial charge in [-0.05, 0) is 66.3 Å². The topological polar surface area (TPSA) is 29.5 Å². The van der Waals surface area contributed by atoms with Gasteiger partial charge in [0.05, 0.1) is 5.41 Å². The summed E-state index contributed by atoms with van der Waals surface area (Å²) in [5, 5.41) is 0. The number of carbonyl (C=O) groups is 1. The number of likely N-dealkylation sites (tertiary alicyclic amines) is 1. The van der Waals surface area contributed by atoms with E-state index in [1.165, 1.54) is 0 Å². The molecular weight excluding hydrogens is 274 g/mol. The number of hydrogen-bond donors (Lipinski definition) is 0. The van der Waals surface area contributed by atoms with Crippen LogP contribution in [-0.4, -0.2) is 35.1 Å². The van der Waals surface area contributed by atoms with E-state index in [1.54, 1.807) is 0 Å². The van der Waals surface area contributed by atoms with Crippen LogP contribution in [0.15, 0.2) is 12.2 Å². The van der Waals surface area contributed by atoms with Gasteiger partial charge in [0.2, 0.25) is 0 Å². The predicted octanol–water partition coefficient (Wildman–Crippen LogP) is 3.78. The van der Waals surface area contributed by atoms with Crippen molar-refractivity contribution >= 4 is 5.97 Å². The van der Waals surface area contributed by atoms with Gasteiger partial charge in [-0.3, -0.25) is 9.69 Å². The second-order valence-corrected chi connectivity index (χ2v) is 9.23. The molecule has 3 rings (SSSR count). The Balaban J connectivity index is 1.71. The van der Waals surface area contributed by atoms with Gasteiger partial charge in [0.15, 0.2) is 0 Å². The van der Waals surface area contributed by atoms with Crippen molar-refractivity contribution in [1.29, 1.82) is 0 Å². The zero-order valence-corrected chi connectivity index (χ0v) is 15.0. The first-order chi connectivity index (χ1) is 10.0. The number of piperidine rings is 1. The highest BCUT2D eigenvalue weighted by Gasteiger charge is 2.52. The Kier molecular flexibility index (Phi) is 3.52. The molecular formula is C19H31NO2. The normalized spacial score (nSPS) is 40.1. The van der Waals surface area contributed by atoms with Crippen molar-refractivity contribution in [3.8, 4) is 0 Å². The third kappa shape index (κ3) is 2.42. The Morgan fingerprint density at radius 3 is 2.09 bits per heavy atom. The molecule has 1 aliphatic heterocycles. The molecule has 2 fully saturated rings. The average molecular weight is 305 g/mol. The van der Waals surface area contributed by atoms with Crippen molar-refractivity contribution in [3.05, 3.63) is 12.2 Å². The summed E-state index contributed by atoms with van der Waals surface area (Å²) in [6.45, 7) is 11.1. The van der Waals surface area contributed by atoms with Crippen LogP contribution in [0, 0.1) is 17.3 Å². The molecule has 0 N–H and O–H groups in total. The molecule has 2 bridgehead atoms. The van der Waals surface area contributed by atoms with Gasteiger partial charge in [0.25, 0.3) is 0 Å². The molecule has 2 aliphatic carbocycles. The zero-order chi connectivity index (χ0) is 16.3. The summed E-state index contributed by atoms with van der Waals surface area (Å²) in [5.74, 6) is 1.01. The molecule has 0 aromatic rings. The molecule has 124 valence electrons. The van der Waals surface area contributed by atoms with Gasteiger partial charge in [0.1, 0.15) is 6.10 Å². The first-order valence-corrected chi connectivity index (χ1v) is 8.68. The second-order valence-electron chi connectivity index (χ2n) is 9.23. The smallest absolute Gasteiger partial charge is 0.312 e. The van der Waals surface area contributed by atoms with E-state index in [9.17, 15) is 4.79 Å². The number of rotatable bonds is 2. The van der Waals surface area contributed by atoms with E-state index < -0.39 is 0 Å². The minimum absolute atomic E-state index is 0.0329. The Morgan fingerprint density at radius 2 is 1.64 bits per heavy atom. The van der Waals surface area contributed by atoms with Gasteiger partial charge in [-0.2, -0.15) is 0 Å². The minimum atomic E-state index is -0.295. The molecule has 3 atom stereocenters. The molecule has 0 amide bonds. The maximum atomic E-state index is 12.9. The maximum absolute atomic E-state index is 12.9. The van der Waals surface area contributed by atoms with Gasteiger partial charge in [-0.15, -0.1) is 0 Å². The molecule has 1 saturated heterocycles. The van der Waals surface area contributed by atoms with Crippen molar-refractivity contribution in [3.63, 3.8) is 0 Å². The van der Waals surface area contributed by atoms with E-state index in [0.29, 0.717) is 11.8 Å². The summed E-state index contributed by atoms with van der Waals surface area (Å²) in [4.78, 5) is 15.3. The van der Waals surface area contributed by atoms with Gasteiger partial charge in [0, 0.05) is 23.9 Å². The molecule has 0 radical (unpaired) electrons. The van der Waals surface area contributed by atoms with Crippen molar-refractivity contribution in [2.45, 2.75) is 77.5 Å². The lowest BCUT2D eigenvalue weighted by atomic mass is 9.76. The number of ether oxygens (including phenoxy) is 1. The lowest BCUT2D eigenvalue weighted by Gasteiger charge is -2.53.